The van der Waals surface area contributed by atoms with Crippen LogP contribution in [0.3, 0.4) is 0 Å². The molecule has 3 rings (SSSR count). The minimum atomic E-state index is 0.208. The normalized spacial score (nSPS) is 12.3. The van der Waals surface area contributed by atoms with E-state index >= 15 is 0 Å². The van der Waals surface area contributed by atoms with Crippen molar-refractivity contribution in [2.24, 2.45) is 0 Å². The molecule has 0 radical (unpaired) electrons. The molecule has 2 aromatic heterocycles. The zero-order chi connectivity index (χ0) is 20.1. The Hall–Kier alpha value is -1.69. The van der Waals surface area contributed by atoms with Crippen LogP contribution in [-0.2, 0) is 17.8 Å². The number of fused-ring (bicyclic) bond motifs is 3. The summed E-state index contributed by atoms with van der Waals surface area (Å²) in [6.07, 6.45) is 4.74. The first-order valence-electron chi connectivity index (χ1n) is 10.3. The van der Waals surface area contributed by atoms with Crippen LogP contribution in [0.25, 0.3) is 21.0 Å². The molecule has 0 aliphatic rings. The van der Waals surface area contributed by atoms with Crippen molar-refractivity contribution in [1.82, 2.24) is 10.3 Å². The molecule has 0 saturated heterocycles. The van der Waals surface area contributed by atoms with E-state index in [1.807, 2.05) is 6.92 Å². The zero-order valence-electron chi connectivity index (χ0n) is 17.6. The molecule has 0 fully saturated rings. The summed E-state index contributed by atoms with van der Waals surface area (Å²) in [4.78, 5) is 5.88. The molecule has 3 aromatic rings. The van der Waals surface area contributed by atoms with Gasteiger partial charge in [0.2, 0.25) is 0 Å². The fraction of sp³-hybridized carbons (Fsp3) is 0.522. The average molecular weight is 400 g/mol. The molecule has 0 aliphatic heterocycles. The highest BCUT2D eigenvalue weighted by Gasteiger charge is 2.12. The number of unbranched alkanes of at least 4 members (excludes halogenated alkanes) is 2. The summed E-state index contributed by atoms with van der Waals surface area (Å²) in [6.45, 7) is 11.1. The molecule has 0 spiro atoms. The zero-order valence-corrected chi connectivity index (χ0v) is 18.4. The van der Waals surface area contributed by atoms with Gasteiger partial charge in [-0.25, -0.2) is 4.98 Å². The third-order valence-corrected chi connectivity index (χ3v) is 5.99. The van der Waals surface area contributed by atoms with E-state index in [0.29, 0.717) is 12.4 Å². The highest BCUT2D eigenvalue weighted by Crippen LogP contribution is 2.35. The van der Waals surface area contributed by atoms with Crippen molar-refractivity contribution >= 4 is 38.1 Å². The second-order valence-electron chi connectivity index (χ2n) is 8.43. The standard InChI is InChI=1S/C23H33N3OS/c1-5-27-15-17-14-19-21(28-17)18-11-10-16(13-20(18)26-22(19)24)9-7-6-8-12-25-23(2,3)4/h10-11,13-14,25H,5-9,12,15H2,1-4H3,(H2,24,26). The first-order valence-corrected chi connectivity index (χ1v) is 11.1. The van der Waals surface area contributed by atoms with Gasteiger partial charge in [0.1, 0.15) is 5.82 Å². The van der Waals surface area contributed by atoms with E-state index in [1.165, 1.54) is 39.8 Å². The molecule has 3 N–H and O–H groups in total. The van der Waals surface area contributed by atoms with Crippen LogP contribution in [-0.4, -0.2) is 23.7 Å². The smallest absolute Gasteiger partial charge is 0.132 e. The van der Waals surface area contributed by atoms with Crippen LogP contribution in [0, 0.1) is 0 Å². The van der Waals surface area contributed by atoms with Crippen molar-refractivity contribution in [1.29, 1.82) is 0 Å². The van der Waals surface area contributed by atoms with Gasteiger partial charge in [0.25, 0.3) is 0 Å². The van der Waals surface area contributed by atoms with Gasteiger partial charge in [-0.2, -0.15) is 0 Å². The largest absolute Gasteiger partial charge is 0.383 e. The number of nitrogens with one attached hydrogen (secondary N) is 1. The van der Waals surface area contributed by atoms with E-state index in [4.69, 9.17) is 10.5 Å². The van der Waals surface area contributed by atoms with E-state index < -0.39 is 0 Å². The number of pyridine rings is 1. The highest BCUT2D eigenvalue weighted by atomic mass is 32.1. The Kier molecular flexibility index (Phi) is 6.91. The summed E-state index contributed by atoms with van der Waals surface area (Å²) >= 11 is 1.76. The van der Waals surface area contributed by atoms with Crippen molar-refractivity contribution in [3.8, 4) is 0 Å². The molecule has 0 unspecified atom stereocenters. The van der Waals surface area contributed by atoms with Gasteiger partial charge in [-0.15, -0.1) is 11.3 Å². The topological polar surface area (TPSA) is 60.2 Å². The molecule has 1 aromatic carbocycles. The lowest BCUT2D eigenvalue weighted by molar-refractivity contribution is 0.136. The summed E-state index contributed by atoms with van der Waals surface area (Å²) in [6, 6.07) is 8.79. The summed E-state index contributed by atoms with van der Waals surface area (Å²) in [5.74, 6) is 0.618. The summed E-state index contributed by atoms with van der Waals surface area (Å²) in [5, 5.41) is 5.79. The lowest BCUT2D eigenvalue weighted by Gasteiger charge is -2.20. The fourth-order valence-corrected chi connectivity index (χ4v) is 4.54. The molecule has 4 nitrogen and oxygen atoms in total. The Labute approximate surface area is 172 Å². The number of aryl methyl sites for hydroxylation is 1. The Morgan fingerprint density at radius 2 is 1.93 bits per heavy atom. The maximum Gasteiger partial charge on any atom is 0.132 e. The SMILES string of the molecule is CCOCc1cc2c(N)nc3cc(CCCCCNC(C)(C)C)ccc3c2s1. The van der Waals surface area contributed by atoms with Crippen molar-refractivity contribution in [2.75, 3.05) is 18.9 Å². The van der Waals surface area contributed by atoms with Gasteiger partial charge in [0.15, 0.2) is 0 Å². The van der Waals surface area contributed by atoms with E-state index in [-0.39, 0.29) is 5.54 Å². The number of aromatic nitrogens is 1. The number of ether oxygens (including phenoxy) is 1. The summed E-state index contributed by atoms with van der Waals surface area (Å²) in [5.41, 5.74) is 8.80. The van der Waals surface area contributed by atoms with Crippen LogP contribution in [0.5, 0.6) is 0 Å². The third-order valence-electron chi connectivity index (χ3n) is 4.85. The van der Waals surface area contributed by atoms with Crippen molar-refractivity contribution in [2.45, 2.75) is 65.5 Å². The molecular weight excluding hydrogens is 366 g/mol. The first kappa shape index (κ1) is 21.0. The monoisotopic (exact) mass is 399 g/mol. The number of hydrogen-bond donors (Lipinski definition) is 2. The molecule has 0 atom stereocenters. The molecule has 28 heavy (non-hydrogen) atoms. The number of hydrogen-bond acceptors (Lipinski definition) is 5. The van der Waals surface area contributed by atoms with Gasteiger partial charge < -0.3 is 15.8 Å². The van der Waals surface area contributed by atoms with Crippen molar-refractivity contribution < 1.29 is 4.74 Å². The highest BCUT2D eigenvalue weighted by molar-refractivity contribution is 7.20. The van der Waals surface area contributed by atoms with Gasteiger partial charge in [0.05, 0.1) is 12.1 Å². The van der Waals surface area contributed by atoms with Crippen LogP contribution >= 0.6 is 11.3 Å². The number of rotatable bonds is 9. The predicted molar refractivity (Wildman–Crippen MR) is 122 cm³/mol. The van der Waals surface area contributed by atoms with Crippen LogP contribution in [0.4, 0.5) is 5.82 Å². The molecule has 0 saturated carbocycles. The second kappa shape index (κ2) is 9.21. The van der Waals surface area contributed by atoms with Gasteiger partial charge in [-0.3, -0.25) is 0 Å². The van der Waals surface area contributed by atoms with E-state index in [0.717, 1.165) is 30.5 Å². The van der Waals surface area contributed by atoms with Gasteiger partial charge in [-0.1, -0.05) is 18.6 Å². The Balaban J connectivity index is 1.67. The predicted octanol–water partition coefficient (Wildman–Crippen LogP) is 5.67. The average Bonchev–Trinajstić information content (AvgIpc) is 3.07. The van der Waals surface area contributed by atoms with E-state index in [9.17, 15) is 0 Å². The number of benzene rings is 1. The second-order valence-corrected chi connectivity index (χ2v) is 9.57. The number of thiophene rings is 1. The van der Waals surface area contributed by atoms with Crippen molar-refractivity contribution in [3.05, 3.63) is 34.7 Å². The number of nitrogens with zero attached hydrogens (tertiary/aromatic N) is 1. The van der Waals surface area contributed by atoms with Crippen LogP contribution < -0.4 is 11.1 Å². The molecule has 0 aliphatic carbocycles. The molecule has 0 amide bonds. The Morgan fingerprint density at radius 1 is 1.11 bits per heavy atom. The first-order chi connectivity index (χ1) is 13.4. The van der Waals surface area contributed by atoms with Crippen LogP contribution in [0.1, 0.15) is 57.4 Å². The molecular formula is C23H33N3OS. The van der Waals surface area contributed by atoms with Gasteiger partial charge in [0, 0.05) is 32.5 Å². The lowest BCUT2D eigenvalue weighted by atomic mass is 10.0. The van der Waals surface area contributed by atoms with Gasteiger partial charge >= 0.3 is 0 Å². The minimum Gasteiger partial charge on any atom is -0.383 e. The van der Waals surface area contributed by atoms with E-state index in [2.05, 4.69) is 55.3 Å². The fourth-order valence-electron chi connectivity index (χ4n) is 3.41. The number of anilines is 1. The molecule has 0 bridgehead atoms. The van der Waals surface area contributed by atoms with Crippen molar-refractivity contribution in [3.63, 3.8) is 0 Å². The van der Waals surface area contributed by atoms with Crippen LogP contribution in [0.2, 0.25) is 0 Å². The maximum atomic E-state index is 6.25. The van der Waals surface area contributed by atoms with Crippen LogP contribution in [0.15, 0.2) is 24.3 Å². The third kappa shape index (κ3) is 5.43. The number of nitrogen functional groups attached to an aromatic ring is 1. The minimum absolute atomic E-state index is 0.208. The molecule has 2 heterocycles. The Morgan fingerprint density at radius 3 is 2.68 bits per heavy atom. The molecule has 152 valence electrons. The summed E-state index contributed by atoms with van der Waals surface area (Å²) < 4.78 is 6.78. The number of nitrogens with two attached hydrogens (primary N) is 1. The summed E-state index contributed by atoms with van der Waals surface area (Å²) in [7, 11) is 0. The Bertz CT molecular complexity index is 927. The van der Waals surface area contributed by atoms with Gasteiger partial charge in [-0.05, 0) is 71.2 Å². The lowest BCUT2D eigenvalue weighted by Crippen LogP contribution is -2.36. The quantitative estimate of drug-likeness (QED) is 0.455. The van der Waals surface area contributed by atoms with E-state index in [1.54, 1.807) is 11.3 Å². The molecule has 5 heteroatoms. The maximum absolute atomic E-state index is 6.25.